The molecular formula is C20H25F3N4O2. The minimum absolute atomic E-state index is 0.191. The van der Waals surface area contributed by atoms with Crippen molar-refractivity contribution in [2.75, 3.05) is 20.3 Å². The summed E-state index contributed by atoms with van der Waals surface area (Å²) in [6, 6.07) is 8.84. The van der Waals surface area contributed by atoms with E-state index in [2.05, 4.69) is 20.6 Å². The highest BCUT2D eigenvalue weighted by molar-refractivity contribution is 5.79. The van der Waals surface area contributed by atoms with Gasteiger partial charge < -0.3 is 20.1 Å². The maximum absolute atomic E-state index is 12.5. The van der Waals surface area contributed by atoms with Crippen LogP contribution in [0.2, 0.25) is 0 Å². The fourth-order valence-electron chi connectivity index (χ4n) is 2.51. The van der Waals surface area contributed by atoms with E-state index in [0.29, 0.717) is 30.6 Å². The normalized spacial score (nSPS) is 11.9. The first-order valence-electron chi connectivity index (χ1n) is 9.12. The molecule has 1 heterocycles. The van der Waals surface area contributed by atoms with Crippen molar-refractivity contribution in [1.29, 1.82) is 0 Å². The fourth-order valence-corrected chi connectivity index (χ4v) is 2.51. The molecule has 0 bridgehead atoms. The van der Waals surface area contributed by atoms with E-state index in [9.17, 15) is 13.2 Å². The third-order valence-corrected chi connectivity index (χ3v) is 3.86. The maximum atomic E-state index is 12.5. The van der Waals surface area contributed by atoms with Gasteiger partial charge in [0.05, 0.1) is 6.61 Å². The molecule has 0 amide bonds. The van der Waals surface area contributed by atoms with Gasteiger partial charge in [0, 0.05) is 37.5 Å². The Balaban J connectivity index is 1.99. The lowest BCUT2D eigenvalue weighted by molar-refractivity contribution is -0.153. The van der Waals surface area contributed by atoms with Crippen LogP contribution in [-0.4, -0.2) is 37.4 Å². The van der Waals surface area contributed by atoms with E-state index < -0.39 is 12.8 Å². The number of benzene rings is 1. The third-order valence-electron chi connectivity index (χ3n) is 3.86. The Hall–Kier alpha value is -2.97. The molecule has 2 rings (SSSR count). The van der Waals surface area contributed by atoms with Gasteiger partial charge in [0.25, 0.3) is 0 Å². The second-order valence-corrected chi connectivity index (χ2v) is 6.20. The van der Waals surface area contributed by atoms with Crippen LogP contribution in [0.25, 0.3) is 0 Å². The van der Waals surface area contributed by atoms with Crippen molar-refractivity contribution in [3.05, 3.63) is 53.2 Å². The summed E-state index contributed by atoms with van der Waals surface area (Å²) in [6.07, 6.45) is -2.74. The van der Waals surface area contributed by atoms with Gasteiger partial charge in [0.1, 0.15) is 5.75 Å². The molecule has 29 heavy (non-hydrogen) atoms. The number of hydrogen-bond acceptors (Lipinski definition) is 4. The molecule has 0 aliphatic carbocycles. The smallest absolute Gasteiger partial charge is 0.422 e. The quantitative estimate of drug-likeness (QED) is 0.514. The van der Waals surface area contributed by atoms with Crippen molar-refractivity contribution in [3.63, 3.8) is 0 Å². The highest BCUT2D eigenvalue weighted by Crippen LogP contribution is 2.23. The SMILES string of the molecule is CCOc1ncccc1CNC(=NC)NCc1ccc(C)cc1OCC(F)(F)F. The monoisotopic (exact) mass is 410 g/mol. The molecular weight excluding hydrogens is 385 g/mol. The number of aryl methyl sites for hydroxylation is 1. The number of guanidine groups is 1. The van der Waals surface area contributed by atoms with E-state index in [-0.39, 0.29) is 12.3 Å². The number of nitrogens with one attached hydrogen (secondary N) is 2. The number of alkyl halides is 3. The van der Waals surface area contributed by atoms with Crippen LogP contribution < -0.4 is 20.1 Å². The summed E-state index contributed by atoms with van der Waals surface area (Å²) in [5.74, 6) is 1.22. The molecule has 0 spiro atoms. The minimum Gasteiger partial charge on any atom is -0.484 e. The number of nitrogens with zero attached hydrogens (tertiary/aromatic N) is 2. The van der Waals surface area contributed by atoms with Crippen molar-refractivity contribution in [1.82, 2.24) is 15.6 Å². The minimum atomic E-state index is -4.39. The Morgan fingerprint density at radius 2 is 1.83 bits per heavy atom. The van der Waals surface area contributed by atoms with E-state index in [0.717, 1.165) is 11.1 Å². The Labute approximate surface area is 168 Å². The van der Waals surface area contributed by atoms with Gasteiger partial charge in [-0.1, -0.05) is 18.2 Å². The lowest BCUT2D eigenvalue weighted by Gasteiger charge is -2.16. The highest BCUT2D eigenvalue weighted by atomic mass is 19.4. The van der Waals surface area contributed by atoms with Crippen molar-refractivity contribution in [2.24, 2.45) is 4.99 Å². The van der Waals surface area contributed by atoms with E-state index in [1.165, 1.54) is 0 Å². The van der Waals surface area contributed by atoms with E-state index >= 15 is 0 Å². The average molecular weight is 410 g/mol. The van der Waals surface area contributed by atoms with Crippen LogP contribution in [0, 0.1) is 6.92 Å². The zero-order valence-corrected chi connectivity index (χ0v) is 16.6. The Bertz CT molecular complexity index is 826. The lowest BCUT2D eigenvalue weighted by Crippen LogP contribution is -2.36. The van der Waals surface area contributed by atoms with Gasteiger partial charge in [0.15, 0.2) is 12.6 Å². The van der Waals surface area contributed by atoms with E-state index in [1.54, 1.807) is 32.3 Å². The van der Waals surface area contributed by atoms with Gasteiger partial charge >= 0.3 is 6.18 Å². The van der Waals surface area contributed by atoms with Gasteiger partial charge in [-0.15, -0.1) is 0 Å². The molecule has 1 aromatic carbocycles. The first-order chi connectivity index (χ1) is 13.8. The molecule has 2 aromatic rings. The van der Waals surface area contributed by atoms with E-state index in [4.69, 9.17) is 9.47 Å². The molecule has 0 radical (unpaired) electrons. The predicted octanol–water partition coefficient (Wildman–Crippen LogP) is 3.60. The van der Waals surface area contributed by atoms with Crippen LogP contribution in [-0.2, 0) is 13.1 Å². The predicted molar refractivity (Wildman–Crippen MR) is 105 cm³/mol. The van der Waals surface area contributed by atoms with Crippen LogP contribution in [0.4, 0.5) is 13.2 Å². The largest absolute Gasteiger partial charge is 0.484 e. The molecule has 0 saturated carbocycles. The molecule has 6 nitrogen and oxygen atoms in total. The van der Waals surface area contributed by atoms with Gasteiger partial charge in [-0.05, 0) is 31.5 Å². The summed E-state index contributed by atoms with van der Waals surface area (Å²) in [5, 5.41) is 6.22. The summed E-state index contributed by atoms with van der Waals surface area (Å²) < 4.78 is 48.0. The Morgan fingerprint density at radius 1 is 1.10 bits per heavy atom. The summed E-state index contributed by atoms with van der Waals surface area (Å²) in [7, 11) is 1.61. The summed E-state index contributed by atoms with van der Waals surface area (Å²) in [6.45, 7) is 3.52. The first kappa shape index (κ1) is 22.3. The molecule has 2 N–H and O–H groups in total. The van der Waals surface area contributed by atoms with Crippen LogP contribution in [0.1, 0.15) is 23.6 Å². The zero-order valence-electron chi connectivity index (χ0n) is 16.6. The summed E-state index contributed by atoms with van der Waals surface area (Å²) in [5.41, 5.74) is 2.27. The van der Waals surface area contributed by atoms with Crippen LogP contribution >= 0.6 is 0 Å². The van der Waals surface area contributed by atoms with Crippen molar-refractivity contribution in [3.8, 4) is 11.6 Å². The summed E-state index contributed by atoms with van der Waals surface area (Å²) >= 11 is 0. The van der Waals surface area contributed by atoms with Crippen LogP contribution in [0.5, 0.6) is 11.6 Å². The maximum Gasteiger partial charge on any atom is 0.422 e. The van der Waals surface area contributed by atoms with Crippen molar-refractivity contribution >= 4 is 5.96 Å². The average Bonchev–Trinajstić information content (AvgIpc) is 2.68. The number of rotatable bonds is 8. The molecule has 0 atom stereocenters. The van der Waals surface area contributed by atoms with Crippen LogP contribution in [0.3, 0.4) is 0 Å². The van der Waals surface area contributed by atoms with Crippen molar-refractivity contribution in [2.45, 2.75) is 33.1 Å². The number of halogens is 3. The number of aromatic nitrogens is 1. The molecule has 0 aliphatic heterocycles. The standard InChI is InChI=1S/C20H25F3N4O2/c1-4-28-18-16(6-5-9-25-18)12-27-19(24-3)26-11-15-8-7-14(2)10-17(15)29-13-20(21,22)23/h5-10H,4,11-13H2,1-3H3,(H2,24,26,27). The molecule has 0 fully saturated rings. The van der Waals surface area contributed by atoms with Gasteiger partial charge in [-0.3, -0.25) is 4.99 Å². The zero-order chi connectivity index (χ0) is 21.3. The number of aliphatic imine (C=N–C) groups is 1. The third kappa shape index (κ3) is 7.52. The molecule has 0 saturated heterocycles. The number of ether oxygens (including phenoxy) is 2. The van der Waals surface area contributed by atoms with Gasteiger partial charge in [-0.2, -0.15) is 13.2 Å². The number of pyridine rings is 1. The molecule has 1 aromatic heterocycles. The van der Waals surface area contributed by atoms with Crippen LogP contribution in [0.15, 0.2) is 41.5 Å². The topological polar surface area (TPSA) is 67.8 Å². The lowest BCUT2D eigenvalue weighted by atomic mass is 10.1. The van der Waals surface area contributed by atoms with Crippen molar-refractivity contribution < 1.29 is 22.6 Å². The molecule has 158 valence electrons. The van der Waals surface area contributed by atoms with E-state index in [1.807, 2.05) is 25.1 Å². The first-order valence-corrected chi connectivity index (χ1v) is 9.12. The molecule has 0 aliphatic rings. The molecule has 9 heteroatoms. The fraction of sp³-hybridized carbons (Fsp3) is 0.400. The number of hydrogen-bond donors (Lipinski definition) is 2. The Kier molecular flexibility index (Phi) is 8.11. The van der Waals surface area contributed by atoms with Gasteiger partial charge in [-0.25, -0.2) is 4.98 Å². The summed E-state index contributed by atoms with van der Waals surface area (Å²) in [4.78, 5) is 8.33. The second kappa shape index (κ2) is 10.5. The van der Waals surface area contributed by atoms with Gasteiger partial charge in [0.2, 0.25) is 5.88 Å². The highest BCUT2D eigenvalue weighted by Gasteiger charge is 2.28. The second-order valence-electron chi connectivity index (χ2n) is 6.20. The Morgan fingerprint density at radius 3 is 2.48 bits per heavy atom. The molecule has 0 unspecified atom stereocenters.